The van der Waals surface area contributed by atoms with Crippen LogP contribution in [0.3, 0.4) is 0 Å². The number of hydrogen-bond donors (Lipinski definition) is 1. The predicted molar refractivity (Wildman–Crippen MR) is 101 cm³/mol. The van der Waals surface area contributed by atoms with Crippen molar-refractivity contribution in [1.82, 2.24) is 15.1 Å². The fraction of sp³-hybridized carbons (Fsp3) is 0.190. The van der Waals surface area contributed by atoms with Gasteiger partial charge in [-0.25, -0.2) is 4.68 Å². The van der Waals surface area contributed by atoms with Crippen molar-refractivity contribution in [3.8, 4) is 5.69 Å². The molecule has 6 heteroatoms. The van der Waals surface area contributed by atoms with Gasteiger partial charge in [0.15, 0.2) is 0 Å². The van der Waals surface area contributed by atoms with E-state index in [-0.39, 0.29) is 24.7 Å². The monoisotopic (exact) mass is 363 g/mol. The molecule has 1 aromatic heterocycles. The highest BCUT2D eigenvalue weighted by Gasteiger charge is 2.19. The number of hydrogen-bond acceptors (Lipinski definition) is 4. The minimum absolute atomic E-state index is 0.0878. The summed E-state index contributed by atoms with van der Waals surface area (Å²) >= 11 is 0. The van der Waals surface area contributed by atoms with E-state index >= 15 is 0 Å². The van der Waals surface area contributed by atoms with E-state index in [2.05, 4.69) is 10.4 Å². The van der Waals surface area contributed by atoms with Gasteiger partial charge in [-0.05, 0) is 29.3 Å². The van der Waals surface area contributed by atoms with Crippen LogP contribution < -0.4 is 5.32 Å². The molecular formula is C21H21N3O3. The Bertz CT molecular complexity index is 875. The van der Waals surface area contributed by atoms with Crippen molar-refractivity contribution >= 4 is 11.9 Å². The van der Waals surface area contributed by atoms with Gasteiger partial charge in [-0.15, -0.1) is 0 Å². The molecule has 0 fully saturated rings. The largest absolute Gasteiger partial charge is 0.469 e. The number of carbonyl (C=O) groups excluding carboxylic acids is 2. The number of carbonyl (C=O) groups is 2. The summed E-state index contributed by atoms with van der Waals surface area (Å²) in [6.07, 6.45) is 3.89. The number of nitrogens with one attached hydrogen (secondary N) is 1. The van der Waals surface area contributed by atoms with E-state index in [1.54, 1.807) is 10.9 Å². The van der Waals surface area contributed by atoms with Crippen molar-refractivity contribution in [3.63, 3.8) is 0 Å². The summed E-state index contributed by atoms with van der Waals surface area (Å²) in [6.45, 7) is 0. The minimum atomic E-state index is -0.422. The van der Waals surface area contributed by atoms with Crippen molar-refractivity contribution in [1.29, 1.82) is 0 Å². The lowest BCUT2D eigenvalue weighted by Gasteiger charge is -2.18. The Labute approximate surface area is 157 Å². The van der Waals surface area contributed by atoms with Crippen LogP contribution in [0.4, 0.5) is 0 Å². The summed E-state index contributed by atoms with van der Waals surface area (Å²) in [6, 6.07) is 18.5. The Morgan fingerprint density at radius 3 is 2.44 bits per heavy atom. The highest BCUT2D eigenvalue weighted by molar-refractivity contribution is 5.80. The first kappa shape index (κ1) is 18.4. The smallest absolute Gasteiger partial charge is 0.307 e. The van der Waals surface area contributed by atoms with Crippen LogP contribution >= 0.6 is 0 Å². The Balaban J connectivity index is 1.66. The Morgan fingerprint density at radius 2 is 1.81 bits per heavy atom. The lowest BCUT2D eigenvalue weighted by Crippen LogP contribution is -2.31. The molecule has 0 bridgehead atoms. The molecule has 6 nitrogen and oxygen atoms in total. The van der Waals surface area contributed by atoms with Gasteiger partial charge in [-0.3, -0.25) is 9.59 Å². The summed E-state index contributed by atoms with van der Waals surface area (Å²) in [4.78, 5) is 24.2. The van der Waals surface area contributed by atoms with Crippen LogP contribution in [0, 0.1) is 0 Å². The van der Waals surface area contributed by atoms with Crippen molar-refractivity contribution in [2.24, 2.45) is 0 Å². The number of nitrogens with zero attached hydrogens (tertiary/aromatic N) is 2. The molecule has 0 spiro atoms. The van der Waals surface area contributed by atoms with Gasteiger partial charge >= 0.3 is 5.97 Å². The maximum absolute atomic E-state index is 12.5. The Morgan fingerprint density at radius 1 is 1.07 bits per heavy atom. The summed E-state index contributed by atoms with van der Waals surface area (Å²) < 4.78 is 6.51. The van der Waals surface area contributed by atoms with E-state index in [0.717, 1.165) is 16.8 Å². The molecule has 0 aliphatic heterocycles. The summed E-state index contributed by atoms with van der Waals surface area (Å²) in [5.74, 6) is -0.521. The highest BCUT2D eigenvalue weighted by Crippen LogP contribution is 2.18. The molecule has 3 aromatic rings. The van der Waals surface area contributed by atoms with E-state index in [9.17, 15) is 9.59 Å². The third-order valence-corrected chi connectivity index (χ3v) is 4.21. The second kappa shape index (κ2) is 8.80. The molecule has 1 N–H and O–H groups in total. The fourth-order valence-corrected chi connectivity index (χ4v) is 2.81. The molecule has 0 radical (unpaired) electrons. The average molecular weight is 363 g/mol. The lowest BCUT2D eigenvalue weighted by molar-refractivity contribution is -0.141. The van der Waals surface area contributed by atoms with Gasteiger partial charge < -0.3 is 10.1 Å². The number of esters is 1. The molecule has 27 heavy (non-hydrogen) atoms. The summed E-state index contributed by atoms with van der Waals surface area (Å²) in [5, 5.41) is 7.11. The average Bonchev–Trinajstić information content (AvgIpc) is 3.23. The second-order valence-corrected chi connectivity index (χ2v) is 6.10. The predicted octanol–water partition coefficient (Wildman–Crippen LogP) is 2.84. The number of ether oxygens (including phenoxy) is 1. The van der Waals surface area contributed by atoms with Crippen LogP contribution in [-0.2, 0) is 20.7 Å². The van der Waals surface area contributed by atoms with Crippen LogP contribution in [-0.4, -0.2) is 28.8 Å². The highest BCUT2D eigenvalue weighted by atomic mass is 16.5. The van der Waals surface area contributed by atoms with Crippen LogP contribution in [0.15, 0.2) is 73.1 Å². The molecule has 2 aromatic carbocycles. The maximum Gasteiger partial charge on any atom is 0.307 e. The standard InChI is InChI=1S/C21H21N3O3/c1-27-21(26)15-19(17-6-3-2-4-7-17)23-20(25)14-16-8-10-18(11-9-16)24-13-5-12-22-24/h2-13,19H,14-15H2,1H3,(H,23,25)/t19-/m0/s1. The van der Waals surface area contributed by atoms with Gasteiger partial charge in [0.25, 0.3) is 0 Å². The molecule has 0 aliphatic carbocycles. The van der Waals surface area contributed by atoms with Gasteiger partial charge in [-0.1, -0.05) is 42.5 Å². The molecule has 0 saturated heterocycles. The van der Waals surface area contributed by atoms with Gasteiger partial charge in [0.1, 0.15) is 0 Å². The zero-order valence-electron chi connectivity index (χ0n) is 15.0. The zero-order chi connectivity index (χ0) is 19.1. The van der Waals surface area contributed by atoms with Gasteiger partial charge in [0.2, 0.25) is 5.91 Å². The molecule has 1 atom stereocenters. The normalized spacial score (nSPS) is 11.6. The van der Waals surface area contributed by atoms with Gasteiger partial charge in [0, 0.05) is 12.4 Å². The lowest BCUT2D eigenvalue weighted by atomic mass is 10.0. The van der Waals surface area contributed by atoms with E-state index in [1.807, 2.05) is 66.9 Å². The number of benzene rings is 2. The summed E-state index contributed by atoms with van der Waals surface area (Å²) in [5.41, 5.74) is 2.68. The van der Waals surface area contributed by atoms with Crippen molar-refractivity contribution < 1.29 is 14.3 Å². The number of aromatic nitrogens is 2. The fourth-order valence-electron chi connectivity index (χ4n) is 2.81. The van der Waals surface area contributed by atoms with Crippen LogP contribution in [0.2, 0.25) is 0 Å². The zero-order valence-corrected chi connectivity index (χ0v) is 15.0. The molecule has 1 amide bonds. The maximum atomic E-state index is 12.5. The van der Waals surface area contributed by atoms with E-state index in [1.165, 1.54) is 7.11 Å². The Hall–Kier alpha value is -3.41. The van der Waals surface area contributed by atoms with Crippen molar-refractivity contribution in [3.05, 3.63) is 84.2 Å². The third-order valence-electron chi connectivity index (χ3n) is 4.21. The van der Waals surface area contributed by atoms with Crippen LogP contribution in [0.5, 0.6) is 0 Å². The number of methoxy groups -OCH3 is 1. The van der Waals surface area contributed by atoms with E-state index in [0.29, 0.717) is 0 Å². The Kier molecular flexibility index (Phi) is 5.99. The summed E-state index contributed by atoms with van der Waals surface area (Å²) in [7, 11) is 1.34. The molecule has 1 heterocycles. The van der Waals surface area contributed by atoms with Crippen molar-refractivity contribution in [2.75, 3.05) is 7.11 Å². The van der Waals surface area contributed by atoms with E-state index < -0.39 is 6.04 Å². The first-order valence-corrected chi connectivity index (χ1v) is 8.66. The molecule has 0 aliphatic rings. The number of rotatable bonds is 7. The molecular weight excluding hydrogens is 342 g/mol. The molecule has 3 rings (SSSR count). The van der Waals surface area contributed by atoms with E-state index in [4.69, 9.17) is 4.74 Å². The minimum Gasteiger partial charge on any atom is -0.469 e. The van der Waals surface area contributed by atoms with Gasteiger partial charge in [-0.2, -0.15) is 5.10 Å². The molecule has 138 valence electrons. The SMILES string of the molecule is COC(=O)C[C@H](NC(=O)Cc1ccc(-n2cccn2)cc1)c1ccccc1. The topological polar surface area (TPSA) is 73.2 Å². The molecule has 0 saturated carbocycles. The molecule has 0 unspecified atom stereocenters. The third kappa shape index (κ3) is 5.04. The second-order valence-electron chi connectivity index (χ2n) is 6.10. The first-order valence-electron chi connectivity index (χ1n) is 8.66. The first-order chi connectivity index (χ1) is 13.2. The van der Waals surface area contributed by atoms with Crippen molar-refractivity contribution in [2.45, 2.75) is 18.9 Å². The van der Waals surface area contributed by atoms with Crippen LogP contribution in [0.25, 0.3) is 5.69 Å². The van der Waals surface area contributed by atoms with Crippen LogP contribution in [0.1, 0.15) is 23.6 Å². The quantitative estimate of drug-likeness (QED) is 0.655. The number of amides is 1. The van der Waals surface area contributed by atoms with Gasteiger partial charge in [0.05, 0.1) is 31.7 Å².